The van der Waals surface area contributed by atoms with Gasteiger partial charge in [0.1, 0.15) is 0 Å². The Kier molecular flexibility index (Phi) is 5.36. The van der Waals surface area contributed by atoms with Gasteiger partial charge in [0.05, 0.1) is 11.4 Å². The highest BCUT2D eigenvalue weighted by Crippen LogP contribution is 2.50. The third kappa shape index (κ3) is 3.34. The molecular weight excluding hydrogens is 356 g/mol. The van der Waals surface area contributed by atoms with E-state index in [-0.39, 0.29) is 41.1 Å². The topological polar surface area (TPSA) is 52.6 Å². The fraction of sp³-hybridized carbons (Fsp3) is 0.591. The van der Waals surface area contributed by atoms with Gasteiger partial charge in [-0.3, -0.25) is 4.79 Å². The Hall–Kier alpha value is -1.30. The van der Waals surface area contributed by atoms with Gasteiger partial charge >= 0.3 is 0 Å². The quantitative estimate of drug-likeness (QED) is 0.834. The predicted molar refractivity (Wildman–Crippen MR) is 111 cm³/mol. The highest BCUT2D eigenvalue weighted by atomic mass is 32.2. The lowest BCUT2D eigenvalue weighted by atomic mass is 9.63. The van der Waals surface area contributed by atoms with Crippen molar-refractivity contribution in [2.45, 2.75) is 55.5 Å². The van der Waals surface area contributed by atoms with Crippen molar-refractivity contribution < 1.29 is 9.90 Å². The molecule has 4 rings (SSSR count). The van der Waals surface area contributed by atoms with E-state index < -0.39 is 0 Å². The fourth-order valence-corrected chi connectivity index (χ4v) is 6.52. The molecule has 27 heavy (non-hydrogen) atoms. The fourth-order valence-electron chi connectivity index (χ4n) is 5.43. The molecule has 1 amide bonds. The predicted octanol–water partition coefficient (Wildman–Crippen LogP) is 3.30. The summed E-state index contributed by atoms with van der Waals surface area (Å²) in [5, 5.41) is 16.2. The summed E-state index contributed by atoms with van der Waals surface area (Å²) in [5.74, 6) is 0.732. The summed E-state index contributed by atoms with van der Waals surface area (Å²) >= 11 is 1.62. The number of aliphatic hydroxyl groups excluding tert-OH is 1. The molecule has 2 aliphatic heterocycles. The molecule has 7 atom stereocenters. The number of allylic oxidation sites excluding steroid dienone is 1. The number of carbonyl (C=O) groups is 1. The van der Waals surface area contributed by atoms with Crippen LogP contribution in [-0.4, -0.2) is 47.4 Å². The monoisotopic (exact) mass is 386 g/mol. The van der Waals surface area contributed by atoms with Gasteiger partial charge in [0, 0.05) is 23.9 Å². The van der Waals surface area contributed by atoms with Crippen molar-refractivity contribution in [1.29, 1.82) is 0 Å². The molecule has 2 fully saturated rings. The lowest BCUT2D eigenvalue weighted by Crippen LogP contribution is -2.59. The second kappa shape index (κ2) is 7.61. The largest absolute Gasteiger partial charge is 0.392 e. The molecule has 1 aliphatic carbocycles. The van der Waals surface area contributed by atoms with Crippen LogP contribution in [0.3, 0.4) is 0 Å². The van der Waals surface area contributed by atoms with Gasteiger partial charge in [0.2, 0.25) is 5.91 Å². The Morgan fingerprint density at radius 3 is 2.67 bits per heavy atom. The Labute approximate surface area is 166 Å². The molecule has 5 heteroatoms. The van der Waals surface area contributed by atoms with E-state index in [9.17, 15) is 9.90 Å². The first-order valence-electron chi connectivity index (χ1n) is 10.1. The van der Waals surface area contributed by atoms with Gasteiger partial charge in [-0.1, -0.05) is 37.3 Å². The van der Waals surface area contributed by atoms with Gasteiger partial charge in [-0.2, -0.15) is 0 Å². The van der Waals surface area contributed by atoms with Gasteiger partial charge in [-0.05, 0) is 55.8 Å². The molecule has 4 nitrogen and oxygen atoms in total. The number of piperidine rings is 1. The molecule has 1 aromatic carbocycles. The van der Waals surface area contributed by atoms with E-state index in [2.05, 4.69) is 67.0 Å². The molecule has 146 valence electrons. The zero-order valence-corrected chi connectivity index (χ0v) is 17.2. The van der Waals surface area contributed by atoms with Gasteiger partial charge in [-0.25, -0.2) is 0 Å². The zero-order valence-electron chi connectivity index (χ0n) is 16.3. The van der Waals surface area contributed by atoms with E-state index >= 15 is 0 Å². The van der Waals surface area contributed by atoms with Crippen LogP contribution in [0.15, 0.2) is 35.7 Å². The van der Waals surface area contributed by atoms with Crippen molar-refractivity contribution in [1.82, 2.24) is 10.2 Å². The van der Waals surface area contributed by atoms with E-state index in [1.165, 1.54) is 11.1 Å². The molecule has 0 spiro atoms. The molecule has 1 saturated heterocycles. The van der Waals surface area contributed by atoms with Crippen molar-refractivity contribution >= 4 is 17.7 Å². The minimum Gasteiger partial charge on any atom is -0.392 e. The van der Waals surface area contributed by atoms with Crippen LogP contribution < -0.4 is 5.32 Å². The van der Waals surface area contributed by atoms with Gasteiger partial charge in [0.25, 0.3) is 0 Å². The molecular formula is C22H30N2O2S. The number of hydrogen-bond donors (Lipinski definition) is 2. The summed E-state index contributed by atoms with van der Waals surface area (Å²) in [4.78, 5) is 14.7. The van der Waals surface area contributed by atoms with Crippen molar-refractivity contribution in [3.8, 4) is 0 Å². The van der Waals surface area contributed by atoms with Crippen LogP contribution in [0.25, 0.3) is 0 Å². The summed E-state index contributed by atoms with van der Waals surface area (Å²) in [6.07, 6.45) is 4.54. The average Bonchev–Trinajstić information content (AvgIpc) is 3.14. The minimum absolute atomic E-state index is 0.0310. The first kappa shape index (κ1) is 19.0. The van der Waals surface area contributed by atoms with Crippen molar-refractivity contribution in [3.63, 3.8) is 0 Å². The van der Waals surface area contributed by atoms with Crippen molar-refractivity contribution in [3.05, 3.63) is 46.9 Å². The molecule has 0 aromatic heterocycles. The minimum atomic E-state index is -0.345. The Bertz CT molecular complexity index is 718. The molecule has 0 radical (unpaired) electrons. The number of rotatable bonds is 4. The standard InChI is InChI=1S/C22H30N2O2S/c1-4-17(24(2)3)13-5-7-14(8-6-13)19-18(25)10-9-16-20(19)15-11-12-27-21(15)22(26)23-16/h5-8,11-12,15-21,25H,4,9-10H2,1-3H3,(H,23,26)/t15?,16?,17-,18?,19?,20?,21?/m1/s1. The van der Waals surface area contributed by atoms with Gasteiger partial charge in [-0.15, -0.1) is 11.8 Å². The maximum atomic E-state index is 12.4. The number of hydrogen-bond acceptors (Lipinski definition) is 4. The number of benzene rings is 1. The molecule has 0 bridgehead atoms. The summed E-state index contributed by atoms with van der Waals surface area (Å²) in [6.45, 7) is 2.21. The van der Waals surface area contributed by atoms with Crippen LogP contribution in [0.2, 0.25) is 0 Å². The SMILES string of the molecule is CC[C@H](c1ccc(C2C(O)CCC3NC(=O)C4SC=CC4C32)cc1)N(C)C. The maximum absolute atomic E-state index is 12.4. The Morgan fingerprint density at radius 1 is 1.26 bits per heavy atom. The number of aliphatic hydroxyl groups is 1. The highest BCUT2D eigenvalue weighted by Gasteiger charge is 2.51. The average molecular weight is 387 g/mol. The highest BCUT2D eigenvalue weighted by molar-refractivity contribution is 8.03. The lowest BCUT2D eigenvalue weighted by molar-refractivity contribution is -0.126. The van der Waals surface area contributed by atoms with Crippen molar-refractivity contribution in [2.75, 3.05) is 14.1 Å². The second-order valence-electron chi connectivity index (χ2n) is 8.38. The van der Waals surface area contributed by atoms with Gasteiger partial charge < -0.3 is 15.3 Å². The number of nitrogens with one attached hydrogen (secondary N) is 1. The van der Waals surface area contributed by atoms with E-state index in [1.807, 2.05) is 0 Å². The first-order chi connectivity index (χ1) is 13.0. The number of thioether (sulfide) groups is 1. The number of carbonyl (C=O) groups excluding carboxylic acids is 1. The smallest absolute Gasteiger partial charge is 0.234 e. The molecule has 1 saturated carbocycles. The molecule has 6 unspecified atom stereocenters. The van der Waals surface area contributed by atoms with Crippen LogP contribution in [0.5, 0.6) is 0 Å². The van der Waals surface area contributed by atoms with E-state index in [1.54, 1.807) is 11.8 Å². The Morgan fingerprint density at radius 2 is 2.00 bits per heavy atom. The van der Waals surface area contributed by atoms with E-state index in [4.69, 9.17) is 0 Å². The van der Waals surface area contributed by atoms with Crippen LogP contribution >= 0.6 is 11.8 Å². The lowest BCUT2D eigenvalue weighted by Gasteiger charge is -2.48. The number of fused-ring (bicyclic) bond motifs is 3. The third-order valence-corrected chi connectivity index (χ3v) is 7.83. The molecule has 3 aliphatic rings. The maximum Gasteiger partial charge on any atom is 0.234 e. The van der Waals surface area contributed by atoms with Crippen LogP contribution in [0.1, 0.15) is 49.3 Å². The summed E-state index contributed by atoms with van der Waals surface area (Å²) < 4.78 is 0. The van der Waals surface area contributed by atoms with Crippen LogP contribution in [0, 0.1) is 11.8 Å². The second-order valence-corrected chi connectivity index (χ2v) is 9.43. The molecule has 1 aromatic rings. The van der Waals surface area contributed by atoms with Crippen molar-refractivity contribution in [2.24, 2.45) is 11.8 Å². The number of nitrogens with zero attached hydrogens (tertiary/aromatic N) is 1. The third-order valence-electron chi connectivity index (χ3n) is 6.69. The van der Waals surface area contributed by atoms with E-state index in [0.29, 0.717) is 6.04 Å². The first-order valence-corrected chi connectivity index (χ1v) is 11.0. The summed E-state index contributed by atoms with van der Waals surface area (Å²) in [7, 11) is 4.24. The summed E-state index contributed by atoms with van der Waals surface area (Å²) in [6, 6.07) is 9.43. The van der Waals surface area contributed by atoms with Crippen LogP contribution in [-0.2, 0) is 4.79 Å². The molecule has 2 N–H and O–H groups in total. The summed E-state index contributed by atoms with van der Waals surface area (Å²) in [5.41, 5.74) is 2.52. The molecule has 2 heterocycles. The van der Waals surface area contributed by atoms with Gasteiger partial charge in [0.15, 0.2) is 0 Å². The zero-order chi connectivity index (χ0) is 19.1. The normalized spacial score (nSPS) is 36.3. The van der Waals surface area contributed by atoms with E-state index in [0.717, 1.165) is 19.3 Å². The Balaban J connectivity index is 1.65. The van der Waals surface area contributed by atoms with Crippen LogP contribution in [0.4, 0.5) is 0 Å². The number of amides is 1.